The van der Waals surface area contributed by atoms with Gasteiger partial charge in [0, 0.05) is 17.1 Å². The van der Waals surface area contributed by atoms with Crippen molar-refractivity contribution in [3.8, 4) is 12.1 Å². The minimum atomic E-state index is 0. The SMILES string of the molecule is CC(=Cc1ccc(C#N)cc1)[c-]1cccc1.CC(=Cc1ccccc1C#N)[c-]1cccc1.[Fe]. The number of nitrogens with zero attached hydrogens (tertiary/aromatic N) is 2. The minimum Gasteiger partial charge on any atom is -0.192 e. The van der Waals surface area contributed by atoms with Crippen LogP contribution in [0.25, 0.3) is 23.3 Å². The van der Waals surface area contributed by atoms with Crippen molar-refractivity contribution in [2.24, 2.45) is 0 Å². The molecule has 0 fully saturated rings. The monoisotopic (exact) mass is 468 g/mol. The summed E-state index contributed by atoms with van der Waals surface area (Å²) in [5.74, 6) is 0. The third kappa shape index (κ3) is 7.34. The molecule has 4 rings (SSSR count). The molecule has 0 saturated carbocycles. The van der Waals surface area contributed by atoms with Crippen LogP contribution in [0.4, 0.5) is 0 Å². The predicted molar refractivity (Wildman–Crippen MR) is 133 cm³/mol. The van der Waals surface area contributed by atoms with Gasteiger partial charge in [-0.05, 0) is 23.8 Å². The number of hydrogen-bond donors (Lipinski definition) is 0. The number of benzene rings is 2. The maximum Gasteiger partial charge on any atom is 0.0991 e. The Kier molecular flexibility index (Phi) is 9.88. The van der Waals surface area contributed by atoms with Crippen LogP contribution in [0, 0.1) is 22.7 Å². The van der Waals surface area contributed by atoms with E-state index >= 15 is 0 Å². The fourth-order valence-electron chi connectivity index (χ4n) is 3.30. The van der Waals surface area contributed by atoms with Crippen molar-refractivity contribution in [2.45, 2.75) is 13.8 Å². The molecule has 0 aliphatic rings. The first-order valence-electron chi connectivity index (χ1n) is 10.4. The zero-order chi connectivity index (χ0) is 22.8. The first kappa shape index (κ1) is 25.4. The fourth-order valence-corrected chi connectivity index (χ4v) is 3.30. The van der Waals surface area contributed by atoms with Gasteiger partial charge in [0.1, 0.15) is 0 Å². The molecule has 0 aromatic heterocycles. The molecule has 2 nitrogen and oxygen atoms in total. The number of allylic oxidation sites excluding steroid dienone is 2. The van der Waals surface area contributed by atoms with Gasteiger partial charge in [-0.3, -0.25) is 0 Å². The summed E-state index contributed by atoms with van der Waals surface area (Å²) in [5, 5.41) is 17.7. The van der Waals surface area contributed by atoms with E-state index in [0.29, 0.717) is 11.1 Å². The van der Waals surface area contributed by atoms with Gasteiger partial charge in [-0.2, -0.15) is 34.8 Å². The normalized spacial score (nSPS) is 10.8. The molecule has 0 amide bonds. The molecule has 0 heterocycles. The van der Waals surface area contributed by atoms with Gasteiger partial charge in [-0.1, -0.05) is 49.7 Å². The van der Waals surface area contributed by atoms with Gasteiger partial charge in [0.2, 0.25) is 0 Å². The molecule has 0 unspecified atom stereocenters. The van der Waals surface area contributed by atoms with E-state index in [9.17, 15) is 0 Å². The second-order valence-corrected chi connectivity index (χ2v) is 7.43. The quantitative estimate of drug-likeness (QED) is 0.228. The average Bonchev–Trinajstić information content (AvgIpc) is 3.55. The number of hydrogen-bond acceptors (Lipinski definition) is 2. The van der Waals surface area contributed by atoms with Crippen molar-refractivity contribution < 1.29 is 17.1 Å². The Morgan fingerprint density at radius 2 is 1.18 bits per heavy atom. The van der Waals surface area contributed by atoms with E-state index in [1.807, 2.05) is 78.9 Å². The van der Waals surface area contributed by atoms with Crippen LogP contribution in [0.3, 0.4) is 0 Å². The summed E-state index contributed by atoms with van der Waals surface area (Å²) in [7, 11) is 0. The molecular weight excluding hydrogens is 444 g/mol. The van der Waals surface area contributed by atoms with Gasteiger partial charge in [-0.15, -0.1) is 58.7 Å². The van der Waals surface area contributed by atoms with Crippen LogP contribution >= 0.6 is 0 Å². The van der Waals surface area contributed by atoms with Gasteiger partial charge in [-0.25, -0.2) is 0 Å². The maximum absolute atomic E-state index is 8.98. The molecule has 0 aliphatic heterocycles. The van der Waals surface area contributed by atoms with Gasteiger partial charge < -0.3 is 0 Å². The van der Waals surface area contributed by atoms with Gasteiger partial charge in [0.15, 0.2) is 0 Å². The maximum atomic E-state index is 8.98. The molecular formula is C30H24FeN2-2. The van der Waals surface area contributed by atoms with E-state index in [4.69, 9.17) is 10.5 Å². The third-order valence-electron chi connectivity index (χ3n) is 5.11. The van der Waals surface area contributed by atoms with Crippen LogP contribution in [0.2, 0.25) is 0 Å². The largest absolute Gasteiger partial charge is 0.192 e. The van der Waals surface area contributed by atoms with Gasteiger partial charge >= 0.3 is 0 Å². The standard InChI is InChI=1S/2C15H12N.Fe/c1-12(13-6-2-3-7-13)10-14-8-4-5-9-15(14)11-16;1-12(15-4-2-3-5-15)10-13-6-8-14(11-16)9-7-13;/h2*2-10H,1H3;/q2*-1;. The van der Waals surface area contributed by atoms with Crippen LogP contribution in [0.15, 0.2) is 97.1 Å². The summed E-state index contributed by atoms with van der Waals surface area (Å²) in [6, 6.07) is 36.0. The Morgan fingerprint density at radius 3 is 1.70 bits per heavy atom. The number of rotatable bonds is 4. The molecule has 0 spiro atoms. The van der Waals surface area contributed by atoms with Crippen LogP contribution in [0.5, 0.6) is 0 Å². The van der Waals surface area contributed by atoms with Crippen LogP contribution in [0.1, 0.15) is 47.2 Å². The summed E-state index contributed by atoms with van der Waals surface area (Å²) >= 11 is 0. The molecule has 0 atom stereocenters. The van der Waals surface area contributed by atoms with Crippen molar-refractivity contribution in [3.63, 3.8) is 0 Å². The topological polar surface area (TPSA) is 47.6 Å². The van der Waals surface area contributed by atoms with Crippen LogP contribution < -0.4 is 0 Å². The average molecular weight is 468 g/mol. The molecule has 0 aliphatic carbocycles. The summed E-state index contributed by atoms with van der Waals surface area (Å²) in [6.07, 6.45) is 4.17. The van der Waals surface area contributed by atoms with Gasteiger partial charge in [0.05, 0.1) is 23.3 Å². The molecule has 0 bridgehead atoms. The van der Waals surface area contributed by atoms with Crippen molar-refractivity contribution in [1.29, 1.82) is 10.5 Å². The van der Waals surface area contributed by atoms with Crippen molar-refractivity contribution in [3.05, 3.63) is 130 Å². The predicted octanol–water partition coefficient (Wildman–Crippen LogP) is 7.67. The molecule has 33 heavy (non-hydrogen) atoms. The Labute approximate surface area is 207 Å². The van der Waals surface area contributed by atoms with E-state index in [2.05, 4.69) is 56.3 Å². The summed E-state index contributed by atoms with van der Waals surface area (Å²) in [6.45, 7) is 4.15. The van der Waals surface area contributed by atoms with Crippen LogP contribution in [-0.4, -0.2) is 0 Å². The molecule has 164 valence electrons. The zero-order valence-electron chi connectivity index (χ0n) is 18.6. The second kappa shape index (κ2) is 12.8. The van der Waals surface area contributed by atoms with Crippen molar-refractivity contribution in [2.75, 3.05) is 0 Å². The summed E-state index contributed by atoms with van der Waals surface area (Å²) < 4.78 is 0. The van der Waals surface area contributed by atoms with Crippen LogP contribution in [-0.2, 0) is 17.1 Å². The first-order chi connectivity index (χ1) is 15.6. The molecule has 4 aromatic carbocycles. The second-order valence-electron chi connectivity index (χ2n) is 7.43. The van der Waals surface area contributed by atoms with E-state index < -0.39 is 0 Å². The Morgan fingerprint density at radius 1 is 0.667 bits per heavy atom. The number of nitriles is 2. The minimum absolute atomic E-state index is 0. The fraction of sp³-hybridized carbons (Fsp3) is 0.0667. The van der Waals surface area contributed by atoms with E-state index in [1.165, 1.54) is 22.3 Å². The molecule has 0 saturated heterocycles. The first-order valence-corrected chi connectivity index (χ1v) is 10.4. The Balaban J connectivity index is 0.000000227. The van der Waals surface area contributed by atoms with E-state index in [-0.39, 0.29) is 17.1 Å². The van der Waals surface area contributed by atoms with Crippen molar-refractivity contribution >= 4 is 23.3 Å². The Bertz CT molecular complexity index is 1270. The zero-order valence-corrected chi connectivity index (χ0v) is 19.7. The third-order valence-corrected chi connectivity index (χ3v) is 5.11. The Hall–Kier alpha value is -3.88. The molecule has 0 N–H and O–H groups in total. The van der Waals surface area contributed by atoms with E-state index in [0.717, 1.165) is 11.1 Å². The summed E-state index contributed by atoms with van der Waals surface area (Å²) in [4.78, 5) is 0. The van der Waals surface area contributed by atoms with Crippen molar-refractivity contribution in [1.82, 2.24) is 0 Å². The smallest absolute Gasteiger partial charge is 0.0991 e. The molecule has 0 radical (unpaired) electrons. The molecule has 3 heteroatoms. The van der Waals surface area contributed by atoms with Gasteiger partial charge in [0.25, 0.3) is 0 Å². The summed E-state index contributed by atoms with van der Waals surface area (Å²) in [5.41, 5.74) is 8.36. The molecule has 4 aromatic rings. The van der Waals surface area contributed by atoms with E-state index in [1.54, 1.807) is 0 Å².